The van der Waals surface area contributed by atoms with Crippen LogP contribution in [0, 0.1) is 11.8 Å². The molecular weight excluding hydrogens is 432 g/mol. The maximum atomic E-state index is 13.1. The van der Waals surface area contributed by atoms with Gasteiger partial charge in [0.25, 0.3) is 0 Å². The summed E-state index contributed by atoms with van der Waals surface area (Å²) in [5.74, 6) is 0.937. The molecule has 174 valence electrons. The number of nitrogens with zero attached hydrogens (tertiary/aromatic N) is 4. The molecule has 4 rings (SSSR count). The first-order valence-corrected chi connectivity index (χ1v) is 12.7. The van der Waals surface area contributed by atoms with Crippen LogP contribution in [0.15, 0.2) is 24.8 Å². The van der Waals surface area contributed by atoms with Gasteiger partial charge in [-0.05, 0) is 50.0 Å². The van der Waals surface area contributed by atoms with E-state index in [-0.39, 0.29) is 24.3 Å². The van der Waals surface area contributed by atoms with Crippen molar-refractivity contribution in [1.82, 2.24) is 19.7 Å². The normalized spacial score (nSPS) is 22.2. The Morgan fingerprint density at radius 1 is 1.19 bits per heavy atom. The predicted octanol–water partition coefficient (Wildman–Crippen LogP) is 2.29. The summed E-state index contributed by atoms with van der Waals surface area (Å²) in [4.78, 5) is 21.4. The Labute approximate surface area is 188 Å². The quantitative estimate of drug-likeness (QED) is 0.541. The number of carbonyl (C=O) groups excluding carboxylic acids is 1. The summed E-state index contributed by atoms with van der Waals surface area (Å²) in [6, 6.07) is 1.80. The van der Waals surface area contributed by atoms with Crippen molar-refractivity contribution < 1.29 is 17.4 Å². The highest BCUT2D eigenvalue weighted by atomic mass is 32.2. The molecule has 2 heterocycles. The van der Waals surface area contributed by atoms with Crippen LogP contribution in [0.3, 0.4) is 0 Å². The van der Waals surface area contributed by atoms with Gasteiger partial charge in [0.05, 0.1) is 12.2 Å². The standard InChI is InChI=1S/C21H30N6O4S/c22-32(29,30)31-13-16-6-7-17(10-16)25-21-18(11-23-14-24-21)20(28)19-8-9-27(26-19)12-15-4-2-1-3-5-15/h8-9,11,14-17H,1-7,10,12-13H2,(H2,22,29,30)(H,23,24,25). The lowest BCUT2D eigenvalue weighted by Gasteiger charge is -2.21. The maximum absolute atomic E-state index is 13.1. The SMILES string of the molecule is NS(=O)(=O)OCC1CCC(Nc2ncncc2C(=O)c2ccn(CC3CCCCC3)n2)C1. The van der Waals surface area contributed by atoms with Crippen molar-refractivity contribution in [2.24, 2.45) is 17.0 Å². The van der Waals surface area contributed by atoms with Crippen molar-refractivity contribution in [1.29, 1.82) is 0 Å². The number of rotatable bonds is 9. The van der Waals surface area contributed by atoms with Crippen molar-refractivity contribution in [3.05, 3.63) is 36.0 Å². The Morgan fingerprint density at radius 3 is 2.78 bits per heavy atom. The van der Waals surface area contributed by atoms with E-state index < -0.39 is 10.3 Å². The minimum absolute atomic E-state index is 0.0504. The van der Waals surface area contributed by atoms with Gasteiger partial charge in [-0.15, -0.1) is 0 Å². The fraction of sp³-hybridized carbons (Fsp3) is 0.619. The average Bonchev–Trinajstić information content (AvgIpc) is 3.42. The molecule has 2 saturated carbocycles. The van der Waals surface area contributed by atoms with Crippen LogP contribution in [0.25, 0.3) is 0 Å². The number of hydrogen-bond acceptors (Lipinski definition) is 8. The smallest absolute Gasteiger partial charge is 0.333 e. The number of carbonyl (C=O) groups is 1. The predicted molar refractivity (Wildman–Crippen MR) is 118 cm³/mol. The van der Waals surface area contributed by atoms with Gasteiger partial charge >= 0.3 is 10.3 Å². The topological polar surface area (TPSA) is 142 Å². The number of anilines is 1. The fourth-order valence-electron chi connectivity index (χ4n) is 4.71. The summed E-state index contributed by atoms with van der Waals surface area (Å²) in [5, 5.41) is 12.7. The Morgan fingerprint density at radius 2 is 2.00 bits per heavy atom. The molecular formula is C21H30N6O4S. The van der Waals surface area contributed by atoms with E-state index in [9.17, 15) is 13.2 Å². The van der Waals surface area contributed by atoms with Crippen molar-refractivity contribution >= 4 is 21.9 Å². The monoisotopic (exact) mass is 462 g/mol. The van der Waals surface area contributed by atoms with E-state index in [0.29, 0.717) is 29.4 Å². The second-order valence-corrected chi connectivity index (χ2v) is 10.1. The van der Waals surface area contributed by atoms with E-state index >= 15 is 0 Å². The lowest BCUT2D eigenvalue weighted by molar-refractivity contribution is 0.103. The molecule has 2 atom stereocenters. The highest BCUT2D eigenvalue weighted by Crippen LogP contribution is 2.29. The van der Waals surface area contributed by atoms with Crippen molar-refractivity contribution in [2.75, 3.05) is 11.9 Å². The van der Waals surface area contributed by atoms with Gasteiger partial charge in [-0.3, -0.25) is 13.7 Å². The van der Waals surface area contributed by atoms with Crippen LogP contribution in [-0.2, 0) is 21.0 Å². The molecule has 2 unspecified atom stereocenters. The minimum Gasteiger partial charge on any atom is -0.367 e. The van der Waals surface area contributed by atoms with E-state index in [4.69, 9.17) is 9.32 Å². The van der Waals surface area contributed by atoms with Gasteiger partial charge in [-0.25, -0.2) is 15.1 Å². The number of hydrogen-bond donors (Lipinski definition) is 2. The van der Waals surface area contributed by atoms with Crippen LogP contribution in [-0.4, -0.2) is 46.6 Å². The van der Waals surface area contributed by atoms with Crippen molar-refractivity contribution in [3.63, 3.8) is 0 Å². The summed E-state index contributed by atoms with van der Waals surface area (Å²) < 4.78 is 28.6. The third kappa shape index (κ3) is 6.11. The number of ketones is 1. The first-order valence-electron chi connectivity index (χ1n) is 11.2. The van der Waals surface area contributed by atoms with Crippen LogP contribution in [0.2, 0.25) is 0 Å². The molecule has 0 aromatic carbocycles. The van der Waals surface area contributed by atoms with Crippen LogP contribution < -0.4 is 10.5 Å². The molecule has 2 aromatic heterocycles. The Balaban J connectivity index is 1.38. The van der Waals surface area contributed by atoms with E-state index in [1.807, 2.05) is 10.9 Å². The molecule has 10 nitrogen and oxygen atoms in total. The van der Waals surface area contributed by atoms with Gasteiger partial charge in [0.15, 0.2) is 0 Å². The summed E-state index contributed by atoms with van der Waals surface area (Å²) >= 11 is 0. The summed E-state index contributed by atoms with van der Waals surface area (Å²) in [6.07, 6.45) is 13.4. The van der Waals surface area contributed by atoms with Gasteiger partial charge in [0.1, 0.15) is 17.8 Å². The van der Waals surface area contributed by atoms with E-state index in [1.165, 1.54) is 44.6 Å². The third-order valence-electron chi connectivity index (χ3n) is 6.35. The van der Waals surface area contributed by atoms with E-state index in [1.54, 1.807) is 6.07 Å². The molecule has 3 N–H and O–H groups in total. The molecule has 0 radical (unpaired) electrons. The van der Waals surface area contributed by atoms with Crippen LogP contribution >= 0.6 is 0 Å². The highest BCUT2D eigenvalue weighted by Gasteiger charge is 2.28. The molecule has 2 aliphatic carbocycles. The molecule has 2 aliphatic rings. The van der Waals surface area contributed by atoms with Gasteiger partial charge in [-0.1, -0.05) is 19.3 Å². The Hall–Kier alpha value is -2.37. The minimum atomic E-state index is -3.94. The number of aromatic nitrogens is 4. The first-order chi connectivity index (χ1) is 15.4. The van der Waals surface area contributed by atoms with Crippen molar-refractivity contribution in [3.8, 4) is 0 Å². The zero-order chi connectivity index (χ0) is 22.6. The largest absolute Gasteiger partial charge is 0.367 e. The second-order valence-electron chi connectivity index (χ2n) is 8.84. The maximum Gasteiger partial charge on any atom is 0.333 e. The van der Waals surface area contributed by atoms with Gasteiger partial charge < -0.3 is 5.32 Å². The molecule has 0 bridgehead atoms. The van der Waals surface area contributed by atoms with E-state index in [2.05, 4.69) is 20.4 Å². The number of nitrogens with one attached hydrogen (secondary N) is 1. The van der Waals surface area contributed by atoms with Gasteiger partial charge in [-0.2, -0.15) is 13.5 Å². The van der Waals surface area contributed by atoms with Gasteiger partial charge in [0, 0.05) is 25.0 Å². The van der Waals surface area contributed by atoms with E-state index in [0.717, 1.165) is 19.4 Å². The molecule has 11 heteroatoms. The molecule has 32 heavy (non-hydrogen) atoms. The van der Waals surface area contributed by atoms with Crippen LogP contribution in [0.4, 0.5) is 5.82 Å². The van der Waals surface area contributed by atoms with Crippen molar-refractivity contribution in [2.45, 2.75) is 64.0 Å². The molecule has 0 saturated heterocycles. The zero-order valence-corrected chi connectivity index (χ0v) is 18.8. The lowest BCUT2D eigenvalue weighted by Crippen LogP contribution is -2.22. The fourth-order valence-corrected chi connectivity index (χ4v) is 5.09. The lowest BCUT2D eigenvalue weighted by atomic mass is 9.89. The third-order valence-corrected chi connectivity index (χ3v) is 6.81. The van der Waals surface area contributed by atoms with Crippen LogP contribution in [0.1, 0.15) is 67.4 Å². The molecule has 2 aromatic rings. The molecule has 0 aliphatic heterocycles. The van der Waals surface area contributed by atoms with Crippen LogP contribution in [0.5, 0.6) is 0 Å². The molecule has 2 fully saturated rings. The van der Waals surface area contributed by atoms with Gasteiger partial charge in [0.2, 0.25) is 5.78 Å². The summed E-state index contributed by atoms with van der Waals surface area (Å²) in [7, 11) is -3.94. The second kappa shape index (κ2) is 10.1. The Kier molecular flexibility index (Phi) is 7.17. The highest BCUT2D eigenvalue weighted by molar-refractivity contribution is 7.84. The molecule has 0 amide bonds. The average molecular weight is 463 g/mol. The Bertz CT molecular complexity index is 1030. The first kappa shape index (κ1) is 22.8. The zero-order valence-electron chi connectivity index (χ0n) is 18.0. The molecule has 0 spiro atoms. The summed E-state index contributed by atoms with van der Waals surface area (Å²) in [5.41, 5.74) is 0.754. The number of nitrogens with two attached hydrogens (primary N) is 1. The summed E-state index contributed by atoms with van der Waals surface area (Å²) in [6.45, 7) is 0.902.